The summed E-state index contributed by atoms with van der Waals surface area (Å²) >= 11 is 0. The lowest BCUT2D eigenvalue weighted by atomic mass is 9.91. The van der Waals surface area contributed by atoms with Gasteiger partial charge in [-0.3, -0.25) is 0 Å². The Kier molecular flexibility index (Phi) is 7.89. The fourth-order valence-corrected chi connectivity index (χ4v) is 9.67. The molecule has 2 nitrogen and oxygen atoms in total. The van der Waals surface area contributed by atoms with E-state index in [-0.39, 0.29) is 0 Å². The summed E-state index contributed by atoms with van der Waals surface area (Å²) in [5.41, 5.74) is 14.1. The predicted molar refractivity (Wildman–Crippen MR) is 255 cm³/mol. The number of anilines is 3. The molecule has 0 aliphatic rings. The molecule has 0 fully saturated rings. The van der Waals surface area contributed by atoms with Gasteiger partial charge < -0.3 is 9.47 Å². The molecule has 11 aromatic carbocycles. The molecule has 0 atom stereocenters. The van der Waals surface area contributed by atoms with E-state index in [1.165, 1.54) is 93.2 Å². The van der Waals surface area contributed by atoms with Gasteiger partial charge in [-0.25, -0.2) is 0 Å². The van der Waals surface area contributed by atoms with Gasteiger partial charge in [0.25, 0.3) is 0 Å². The molecular weight excluding hydrogens is 725 g/mol. The summed E-state index contributed by atoms with van der Waals surface area (Å²) in [5, 5.41) is 10.0. The molecule has 1 heterocycles. The molecule has 12 aromatic rings. The van der Waals surface area contributed by atoms with Crippen molar-refractivity contribution in [2.24, 2.45) is 0 Å². The summed E-state index contributed by atoms with van der Waals surface area (Å²) in [6.07, 6.45) is 0. The zero-order valence-electron chi connectivity index (χ0n) is 32.8. The van der Waals surface area contributed by atoms with Crippen LogP contribution in [0.2, 0.25) is 0 Å². The Labute approximate surface area is 348 Å². The molecule has 280 valence electrons. The molecule has 0 N–H and O–H groups in total. The summed E-state index contributed by atoms with van der Waals surface area (Å²) in [5.74, 6) is 0. The maximum absolute atomic E-state index is 2.48. The lowest BCUT2D eigenvalue weighted by Crippen LogP contribution is -2.12. The second-order valence-corrected chi connectivity index (χ2v) is 15.6. The topological polar surface area (TPSA) is 8.17 Å². The van der Waals surface area contributed by atoms with Crippen LogP contribution >= 0.6 is 0 Å². The van der Waals surface area contributed by atoms with E-state index < -0.39 is 0 Å². The number of hydrogen-bond donors (Lipinski definition) is 0. The van der Waals surface area contributed by atoms with Crippen LogP contribution in [-0.2, 0) is 0 Å². The van der Waals surface area contributed by atoms with Gasteiger partial charge in [0.1, 0.15) is 0 Å². The second kappa shape index (κ2) is 13.9. The average Bonchev–Trinajstić information content (AvgIpc) is 3.66. The highest BCUT2D eigenvalue weighted by molar-refractivity contribution is 6.27. The zero-order chi connectivity index (χ0) is 39.6. The van der Waals surface area contributed by atoms with E-state index in [0.717, 1.165) is 17.1 Å². The Balaban J connectivity index is 1.12. The fourth-order valence-electron chi connectivity index (χ4n) is 9.67. The van der Waals surface area contributed by atoms with Crippen LogP contribution in [0.4, 0.5) is 17.1 Å². The van der Waals surface area contributed by atoms with E-state index in [2.05, 4.69) is 240 Å². The molecular formula is C58H38N2. The van der Waals surface area contributed by atoms with Gasteiger partial charge in [-0.05, 0) is 91.8 Å². The van der Waals surface area contributed by atoms with Crippen molar-refractivity contribution in [2.75, 3.05) is 4.90 Å². The molecule has 0 unspecified atom stereocenters. The van der Waals surface area contributed by atoms with E-state index in [0.29, 0.717) is 0 Å². The molecule has 0 aliphatic carbocycles. The maximum atomic E-state index is 2.48. The Hall–Kier alpha value is -7.94. The van der Waals surface area contributed by atoms with E-state index in [1.807, 2.05) is 0 Å². The minimum absolute atomic E-state index is 1.10. The number of rotatable bonds is 7. The third-order valence-corrected chi connectivity index (χ3v) is 12.4. The highest BCUT2D eigenvalue weighted by atomic mass is 15.1. The summed E-state index contributed by atoms with van der Waals surface area (Å²) in [6.45, 7) is 0. The van der Waals surface area contributed by atoms with Crippen LogP contribution in [0.3, 0.4) is 0 Å². The first-order valence-electron chi connectivity index (χ1n) is 20.7. The summed E-state index contributed by atoms with van der Waals surface area (Å²) < 4.78 is 2.46. The fraction of sp³-hybridized carbons (Fsp3) is 0. The largest absolute Gasteiger partial charge is 0.309 e. The molecule has 0 aliphatic heterocycles. The molecule has 12 rings (SSSR count). The van der Waals surface area contributed by atoms with Gasteiger partial charge in [0.2, 0.25) is 0 Å². The second-order valence-electron chi connectivity index (χ2n) is 15.6. The van der Waals surface area contributed by atoms with Gasteiger partial charge in [0, 0.05) is 32.8 Å². The number of aromatic nitrogens is 1. The molecule has 0 amide bonds. The van der Waals surface area contributed by atoms with Gasteiger partial charge in [-0.2, -0.15) is 0 Å². The van der Waals surface area contributed by atoms with E-state index in [1.54, 1.807) is 0 Å². The van der Waals surface area contributed by atoms with E-state index in [4.69, 9.17) is 0 Å². The Morgan fingerprint density at radius 3 is 1.48 bits per heavy atom. The molecule has 2 heteroatoms. The van der Waals surface area contributed by atoms with Crippen molar-refractivity contribution in [3.05, 3.63) is 231 Å². The Bertz CT molecular complexity index is 3470. The van der Waals surface area contributed by atoms with Gasteiger partial charge in [0.15, 0.2) is 0 Å². The highest BCUT2D eigenvalue weighted by Crippen LogP contribution is 2.48. The van der Waals surface area contributed by atoms with Crippen LogP contribution < -0.4 is 4.90 Å². The van der Waals surface area contributed by atoms with Crippen LogP contribution in [0.15, 0.2) is 231 Å². The van der Waals surface area contributed by atoms with Crippen molar-refractivity contribution in [1.82, 2.24) is 4.57 Å². The first kappa shape index (κ1) is 34.1. The smallest absolute Gasteiger partial charge is 0.0541 e. The predicted octanol–water partition coefficient (Wildman–Crippen LogP) is 16.2. The Morgan fingerprint density at radius 1 is 0.283 bits per heavy atom. The van der Waals surface area contributed by atoms with Crippen molar-refractivity contribution >= 4 is 71.2 Å². The third kappa shape index (κ3) is 5.35. The summed E-state index contributed by atoms with van der Waals surface area (Å²) in [6, 6.07) is 84.3. The van der Waals surface area contributed by atoms with Crippen LogP contribution in [-0.4, -0.2) is 4.57 Å². The van der Waals surface area contributed by atoms with Gasteiger partial charge in [-0.1, -0.05) is 188 Å². The maximum Gasteiger partial charge on any atom is 0.0541 e. The summed E-state index contributed by atoms with van der Waals surface area (Å²) in [4.78, 5) is 2.48. The molecule has 0 spiro atoms. The molecule has 60 heavy (non-hydrogen) atoms. The average molecular weight is 763 g/mol. The van der Waals surface area contributed by atoms with Crippen LogP contribution in [0.1, 0.15) is 0 Å². The van der Waals surface area contributed by atoms with Crippen molar-refractivity contribution in [2.45, 2.75) is 0 Å². The first-order chi connectivity index (χ1) is 29.8. The SMILES string of the molecule is c1ccc(-c2ccc(N(c3ccccc3-c3ccccc3-c3ccccc3)c3ccc4ccc5c(-n6c7ccccc7c7ccccc76)ccc6ccc3c4c65)cc2)cc1. The van der Waals surface area contributed by atoms with Crippen molar-refractivity contribution in [1.29, 1.82) is 0 Å². The number of fused-ring (bicyclic) bond motifs is 3. The third-order valence-electron chi connectivity index (χ3n) is 12.4. The monoisotopic (exact) mass is 762 g/mol. The molecule has 1 aromatic heterocycles. The van der Waals surface area contributed by atoms with Crippen LogP contribution in [0.25, 0.3) is 93.2 Å². The normalized spacial score (nSPS) is 11.7. The minimum Gasteiger partial charge on any atom is -0.309 e. The molecule has 0 bridgehead atoms. The minimum atomic E-state index is 1.10. The standard InChI is InChI=1S/C58H38N2/c1-3-15-39(16-4-1)40-27-33-44(34-28-40)59(52-24-12-9-21-47(52)46-20-8-7-19-45(46)41-17-5-2-6-18-41)55-37-31-42-30-36-51-56(38-32-43-29-35-50(55)57(42)58(43)51)60-53-25-13-10-22-48(53)49-23-11-14-26-54(49)60/h1-38H. The van der Waals surface area contributed by atoms with Gasteiger partial charge in [-0.15, -0.1) is 0 Å². The number of benzene rings is 11. The van der Waals surface area contributed by atoms with Gasteiger partial charge >= 0.3 is 0 Å². The van der Waals surface area contributed by atoms with Crippen molar-refractivity contribution in [3.63, 3.8) is 0 Å². The van der Waals surface area contributed by atoms with E-state index >= 15 is 0 Å². The van der Waals surface area contributed by atoms with Crippen molar-refractivity contribution < 1.29 is 0 Å². The van der Waals surface area contributed by atoms with Crippen LogP contribution in [0, 0.1) is 0 Å². The first-order valence-corrected chi connectivity index (χ1v) is 20.7. The van der Waals surface area contributed by atoms with Gasteiger partial charge in [0.05, 0.1) is 28.1 Å². The van der Waals surface area contributed by atoms with Crippen molar-refractivity contribution in [3.8, 4) is 39.1 Å². The summed E-state index contributed by atoms with van der Waals surface area (Å²) in [7, 11) is 0. The quantitative estimate of drug-likeness (QED) is 0.147. The highest BCUT2D eigenvalue weighted by Gasteiger charge is 2.23. The number of para-hydroxylation sites is 3. The molecule has 0 saturated heterocycles. The molecule has 0 saturated carbocycles. The lowest BCUT2D eigenvalue weighted by Gasteiger charge is -2.30. The Morgan fingerprint density at radius 2 is 0.783 bits per heavy atom. The number of hydrogen-bond acceptors (Lipinski definition) is 1. The number of nitrogens with zero attached hydrogens (tertiary/aromatic N) is 2. The molecule has 0 radical (unpaired) electrons. The van der Waals surface area contributed by atoms with E-state index in [9.17, 15) is 0 Å². The zero-order valence-corrected chi connectivity index (χ0v) is 32.8. The van der Waals surface area contributed by atoms with Crippen LogP contribution in [0.5, 0.6) is 0 Å². The lowest BCUT2D eigenvalue weighted by molar-refractivity contribution is 1.20.